The number of carboxylic acids is 1. The van der Waals surface area contributed by atoms with Crippen LogP contribution in [0.3, 0.4) is 0 Å². The van der Waals surface area contributed by atoms with Crippen molar-refractivity contribution in [3.05, 3.63) is 91.6 Å². The molecule has 0 saturated carbocycles. The molecule has 0 saturated heterocycles. The molecule has 0 radical (unpaired) electrons. The van der Waals surface area contributed by atoms with Crippen LogP contribution in [0.2, 0.25) is 10.0 Å². The van der Waals surface area contributed by atoms with Crippen LogP contribution in [0.5, 0.6) is 0 Å². The number of hydrogen-bond acceptors (Lipinski definition) is 4. The smallest absolute Gasteiger partial charge is 0.326 e. The molecule has 1 aromatic heterocycles. The van der Waals surface area contributed by atoms with Crippen LogP contribution in [0.1, 0.15) is 51.4 Å². The molecule has 2 aromatic carbocycles. The molecule has 34 heavy (non-hydrogen) atoms. The molecule has 9 heteroatoms. The number of rotatable bonds is 10. The number of thiophene rings is 1. The van der Waals surface area contributed by atoms with Gasteiger partial charge in [0, 0.05) is 27.4 Å². The zero-order valence-electron chi connectivity index (χ0n) is 18.5. The molecular formula is C25H25Cl2N3O3S. The molecule has 0 aliphatic heterocycles. The van der Waals surface area contributed by atoms with Gasteiger partial charge in [0.05, 0.1) is 10.7 Å². The number of amides is 1. The summed E-state index contributed by atoms with van der Waals surface area (Å²) in [5, 5.41) is 23.6. The number of hydrogen-bond donors (Lipinski definition) is 4. The van der Waals surface area contributed by atoms with Crippen LogP contribution in [0.15, 0.2) is 60.7 Å². The number of carboxylic acid groups (broad SMARTS) is 1. The van der Waals surface area contributed by atoms with E-state index in [-0.39, 0.29) is 12.3 Å². The van der Waals surface area contributed by atoms with Crippen LogP contribution in [0.25, 0.3) is 0 Å². The second kappa shape index (κ2) is 12.0. The lowest BCUT2D eigenvalue weighted by molar-refractivity contribution is -0.139. The standard InChI is InChI=1S/C25H25Cl2N3O3S/c1-15(28)29-12-4-9-20(25(32)33)30-24(31)22-11-10-21(34-22)23(16-5-2-7-18(26)13-16)17-6-3-8-19(27)14-17/h2-3,5-8,10-11,13-14,20,23H,4,9,12H2,1H3,(H2,28,29)(H,30,31)(H,32,33)/t20-/m0/s1. The fourth-order valence-electron chi connectivity index (χ4n) is 3.59. The SMILES string of the molecule is CC(=N)NCCC[C@H](NC(=O)c1ccc(C(c2cccc(Cl)c2)c2cccc(Cl)c2)s1)C(=O)O. The van der Waals surface area contributed by atoms with Crippen molar-refractivity contribution >= 4 is 52.3 Å². The Bertz CT molecular complexity index is 1140. The van der Waals surface area contributed by atoms with Crippen LogP contribution >= 0.6 is 34.5 Å². The van der Waals surface area contributed by atoms with Crippen molar-refractivity contribution in [3.63, 3.8) is 0 Å². The molecule has 0 aliphatic rings. The first-order chi connectivity index (χ1) is 16.2. The number of nitrogens with one attached hydrogen (secondary N) is 3. The van der Waals surface area contributed by atoms with Crippen LogP contribution in [0.4, 0.5) is 0 Å². The minimum Gasteiger partial charge on any atom is -0.480 e. The summed E-state index contributed by atoms with van der Waals surface area (Å²) in [6.07, 6.45) is 0.766. The molecule has 0 aliphatic carbocycles. The Labute approximate surface area is 212 Å². The first-order valence-electron chi connectivity index (χ1n) is 10.7. The second-order valence-corrected chi connectivity index (χ2v) is 9.79. The van der Waals surface area contributed by atoms with Crippen LogP contribution in [-0.4, -0.2) is 35.4 Å². The summed E-state index contributed by atoms with van der Waals surface area (Å²) in [4.78, 5) is 25.8. The van der Waals surface area contributed by atoms with E-state index in [1.807, 2.05) is 42.5 Å². The monoisotopic (exact) mass is 517 g/mol. The number of carbonyl (C=O) groups is 2. The van der Waals surface area contributed by atoms with Crippen LogP contribution < -0.4 is 10.6 Å². The first kappa shape index (κ1) is 25.7. The maximum absolute atomic E-state index is 12.9. The third-order valence-corrected chi connectivity index (χ3v) is 6.78. The van der Waals surface area contributed by atoms with Crippen molar-refractivity contribution in [1.82, 2.24) is 10.6 Å². The van der Waals surface area contributed by atoms with Gasteiger partial charge in [-0.1, -0.05) is 47.5 Å². The first-order valence-corrected chi connectivity index (χ1v) is 12.2. The predicted octanol–water partition coefficient (Wildman–Crippen LogP) is 5.79. The van der Waals surface area contributed by atoms with Crippen LogP contribution in [0, 0.1) is 5.41 Å². The minimum atomic E-state index is -1.09. The van der Waals surface area contributed by atoms with E-state index >= 15 is 0 Å². The van der Waals surface area contributed by atoms with E-state index in [1.54, 1.807) is 25.1 Å². The third kappa shape index (κ3) is 7.06. The molecule has 0 bridgehead atoms. The summed E-state index contributed by atoms with van der Waals surface area (Å²) in [5.74, 6) is -1.39. The number of halogens is 2. The average Bonchev–Trinajstić information content (AvgIpc) is 3.25. The van der Waals surface area contributed by atoms with Gasteiger partial charge in [0.2, 0.25) is 0 Å². The normalized spacial score (nSPS) is 11.8. The largest absolute Gasteiger partial charge is 0.480 e. The molecule has 1 heterocycles. The van der Waals surface area contributed by atoms with Gasteiger partial charge in [0.15, 0.2) is 0 Å². The lowest BCUT2D eigenvalue weighted by Crippen LogP contribution is -2.41. The van der Waals surface area contributed by atoms with Gasteiger partial charge in [0.1, 0.15) is 6.04 Å². The zero-order valence-corrected chi connectivity index (χ0v) is 20.8. The Kier molecular flexibility index (Phi) is 9.10. The van der Waals surface area contributed by atoms with Gasteiger partial charge in [-0.05, 0) is 67.3 Å². The Hall–Kier alpha value is -2.87. The number of benzene rings is 2. The summed E-state index contributed by atoms with van der Waals surface area (Å²) in [6.45, 7) is 2.09. The average molecular weight is 518 g/mol. The lowest BCUT2D eigenvalue weighted by Gasteiger charge is -2.17. The van der Waals surface area contributed by atoms with E-state index in [0.717, 1.165) is 16.0 Å². The molecule has 0 spiro atoms. The Balaban J connectivity index is 1.81. The number of aliphatic carboxylic acids is 1. The van der Waals surface area contributed by atoms with Gasteiger partial charge in [-0.15, -0.1) is 11.3 Å². The highest BCUT2D eigenvalue weighted by atomic mass is 35.5. The van der Waals surface area contributed by atoms with E-state index in [1.165, 1.54) is 11.3 Å². The summed E-state index contributed by atoms with van der Waals surface area (Å²) >= 11 is 13.8. The number of carbonyl (C=O) groups excluding carboxylic acids is 1. The molecule has 3 rings (SSSR count). The maximum atomic E-state index is 12.9. The van der Waals surface area contributed by atoms with Gasteiger partial charge in [0.25, 0.3) is 5.91 Å². The highest BCUT2D eigenvalue weighted by molar-refractivity contribution is 7.14. The molecule has 6 nitrogen and oxygen atoms in total. The summed E-state index contributed by atoms with van der Waals surface area (Å²) in [6, 6.07) is 17.6. The Morgan fingerprint density at radius 2 is 1.65 bits per heavy atom. The van der Waals surface area contributed by atoms with E-state index < -0.39 is 17.9 Å². The fraction of sp³-hybridized carbons (Fsp3) is 0.240. The van der Waals surface area contributed by atoms with Crippen molar-refractivity contribution < 1.29 is 14.7 Å². The fourth-order valence-corrected chi connectivity index (χ4v) is 5.06. The molecule has 0 fully saturated rings. The molecule has 1 atom stereocenters. The quantitative estimate of drug-likeness (QED) is 0.155. The van der Waals surface area contributed by atoms with E-state index in [2.05, 4.69) is 10.6 Å². The molecule has 3 aromatic rings. The van der Waals surface area contributed by atoms with E-state index in [9.17, 15) is 14.7 Å². The highest BCUT2D eigenvalue weighted by Gasteiger charge is 2.24. The summed E-state index contributed by atoms with van der Waals surface area (Å²) in [5.41, 5.74) is 1.92. The predicted molar refractivity (Wildman–Crippen MR) is 138 cm³/mol. The van der Waals surface area contributed by atoms with Crippen molar-refractivity contribution in [2.75, 3.05) is 6.54 Å². The number of amidine groups is 1. The third-order valence-electron chi connectivity index (χ3n) is 5.16. The zero-order chi connectivity index (χ0) is 24.7. The molecule has 178 valence electrons. The lowest BCUT2D eigenvalue weighted by atomic mass is 9.90. The highest BCUT2D eigenvalue weighted by Crippen LogP contribution is 2.37. The van der Waals surface area contributed by atoms with Gasteiger partial charge >= 0.3 is 5.97 Å². The summed E-state index contributed by atoms with van der Waals surface area (Å²) < 4.78 is 0. The Morgan fingerprint density at radius 3 is 2.18 bits per heavy atom. The Morgan fingerprint density at radius 1 is 1.03 bits per heavy atom. The van der Waals surface area contributed by atoms with E-state index in [0.29, 0.717) is 33.7 Å². The molecule has 0 unspecified atom stereocenters. The van der Waals surface area contributed by atoms with Gasteiger partial charge in [-0.25, -0.2) is 4.79 Å². The van der Waals surface area contributed by atoms with Crippen molar-refractivity contribution in [2.24, 2.45) is 0 Å². The van der Waals surface area contributed by atoms with Gasteiger partial charge < -0.3 is 15.7 Å². The second-order valence-electron chi connectivity index (χ2n) is 7.80. The topological polar surface area (TPSA) is 102 Å². The van der Waals surface area contributed by atoms with Crippen molar-refractivity contribution in [2.45, 2.75) is 31.7 Å². The van der Waals surface area contributed by atoms with Crippen molar-refractivity contribution in [3.8, 4) is 0 Å². The van der Waals surface area contributed by atoms with Gasteiger partial charge in [-0.2, -0.15) is 0 Å². The van der Waals surface area contributed by atoms with Gasteiger partial charge in [-0.3, -0.25) is 10.2 Å². The molecule has 4 N–H and O–H groups in total. The molecular weight excluding hydrogens is 493 g/mol. The molecule has 1 amide bonds. The minimum absolute atomic E-state index is 0.186. The van der Waals surface area contributed by atoms with E-state index in [4.69, 9.17) is 28.6 Å². The van der Waals surface area contributed by atoms with Crippen molar-refractivity contribution in [1.29, 1.82) is 5.41 Å². The maximum Gasteiger partial charge on any atom is 0.326 e. The summed E-state index contributed by atoms with van der Waals surface area (Å²) in [7, 11) is 0. The van der Waals surface area contributed by atoms with Crippen LogP contribution in [-0.2, 0) is 4.79 Å².